The molecule has 0 heterocycles. The van der Waals surface area contributed by atoms with E-state index in [1.807, 2.05) is 0 Å². The van der Waals surface area contributed by atoms with Gasteiger partial charge < -0.3 is 5.73 Å². The summed E-state index contributed by atoms with van der Waals surface area (Å²) in [6.45, 7) is 2.93. The lowest BCUT2D eigenvalue weighted by molar-refractivity contribution is 0.836. The lowest BCUT2D eigenvalue weighted by atomic mass is 9.97. The van der Waals surface area contributed by atoms with Crippen LogP contribution in [0, 0.1) is 0 Å². The fourth-order valence-corrected chi connectivity index (χ4v) is 1.19. The fourth-order valence-electron chi connectivity index (χ4n) is 1.19. The SMILES string of the molecule is CCC1=CC=C(CN)CC1. The third-order valence-electron chi connectivity index (χ3n) is 2.04. The summed E-state index contributed by atoms with van der Waals surface area (Å²) in [4.78, 5) is 0. The zero-order valence-corrected chi connectivity index (χ0v) is 6.56. The molecule has 1 nitrogen and oxygen atoms in total. The van der Waals surface area contributed by atoms with E-state index in [9.17, 15) is 0 Å². The first-order valence-corrected chi connectivity index (χ1v) is 3.94. The van der Waals surface area contributed by atoms with E-state index < -0.39 is 0 Å². The van der Waals surface area contributed by atoms with Gasteiger partial charge in [0.1, 0.15) is 0 Å². The molecule has 0 amide bonds. The van der Waals surface area contributed by atoms with E-state index in [1.54, 1.807) is 5.57 Å². The Balaban J connectivity index is 2.55. The van der Waals surface area contributed by atoms with Gasteiger partial charge in [0.2, 0.25) is 0 Å². The second-order valence-electron chi connectivity index (χ2n) is 2.71. The first-order valence-electron chi connectivity index (χ1n) is 3.94. The molecular formula is C9H15N. The third kappa shape index (κ3) is 1.71. The van der Waals surface area contributed by atoms with E-state index >= 15 is 0 Å². The minimum atomic E-state index is 0.730. The van der Waals surface area contributed by atoms with E-state index in [0.717, 1.165) is 6.54 Å². The van der Waals surface area contributed by atoms with Crippen molar-refractivity contribution in [2.45, 2.75) is 26.2 Å². The molecule has 0 saturated carbocycles. The fraction of sp³-hybridized carbons (Fsp3) is 0.556. The molecule has 10 heavy (non-hydrogen) atoms. The van der Waals surface area contributed by atoms with Crippen LogP contribution in [0.15, 0.2) is 23.3 Å². The van der Waals surface area contributed by atoms with Crippen LogP contribution in [0.4, 0.5) is 0 Å². The van der Waals surface area contributed by atoms with Gasteiger partial charge in [0.15, 0.2) is 0 Å². The molecule has 0 atom stereocenters. The normalized spacial score (nSPS) is 18.2. The highest BCUT2D eigenvalue weighted by atomic mass is 14.5. The molecule has 0 unspecified atom stereocenters. The van der Waals surface area contributed by atoms with E-state index in [0.29, 0.717) is 0 Å². The molecule has 0 aromatic rings. The van der Waals surface area contributed by atoms with Gasteiger partial charge in [-0.25, -0.2) is 0 Å². The highest BCUT2D eigenvalue weighted by Crippen LogP contribution is 2.19. The van der Waals surface area contributed by atoms with Crippen molar-refractivity contribution < 1.29 is 0 Å². The molecule has 0 spiro atoms. The minimum Gasteiger partial charge on any atom is -0.327 e. The van der Waals surface area contributed by atoms with Crippen LogP contribution in [-0.2, 0) is 0 Å². The zero-order chi connectivity index (χ0) is 7.40. The summed E-state index contributed by atoms with van der Waals surface area (Å²) in [6.07, 6.45) is 7.97. The minimum absolute atomic E-state index is 0.730. The third-order valence-corrected chi connectivity index (χ3v) is 2.04. The summed E-state index contributed by atoms with van der Waals surface area (Å²) < 4.78 is 0. The van der Waals surface area contributed by atoms with Crippen molar-refractivity contribution in [1.82, 2.24) is 0 Å². The monoisotopic (exact) mass is 137 g/mol. The second kappa shape index (κ2) is 3.57. The lowest BCUT2D eigenvalue weighted by Crippen LogP contribution is -2.05. The van der Waals surface area contributed by atoms with Crippen LogP contribution in [0.3, 0.4) is 0 Å². The Bertz CT molecular complexity index is 146. The topological polar surface area (TPSA) is 26.0 Å². The Morgan fingerprint density at radius 3 is 2.30 bits per heavy atom. The van der Waals surface area contributed by atoms with Gasteiger partial charge in [-0.3, -0.25) is 0 Å². The van der Waals surface area contributed by atoms with Crippen LogP contribution < -0.4 is 5.73 Å². The number of hydrogen-bond donors (Lipinski definition) is 1. The Hall–Kier alpha value is -0.560. The van der Waals surface area contributed by atoms with Crippen LogP contribution in [0.25, 0.3) is 0 Å². The van der Waals surface area contributed by atoms with Crippen LogP contribution in [0.2, 0.25) is 0 Å². The van der Waals surface area contributed by atoms with Gasteiger partial charge in [-0.2, -0.15) is 0 Å². The van der Waals surface area contributed by atoms with Crippen LogP contribution in [-0.4, -0.2) is 6.54 Å². The maximum atomic E-state index is 5.49. The molecule has 0 radical (unpaired) electrons. The quantitative estimate of drug-likeness (QED) is 0.619. The van der Waals surface area contributed by atoms with E-state index in [2.05, 4.69) is 19.1 Å². The van der Waals surface area contributed by atoms with Gasteiger partial charge in [-0.1, -0.05) is 30.2 Å². The van der Waals surface area contributed by atoms with E-state index in [4.69, 9.17) is 5.73 Å². The first-order chi connectivity index (χ1) is 4.86. The predicted octanol–water partition coefficient (Wildman–Crippen LogP) is 2.00. The average Bonchev–Trinajstić information content (AvgIpc) is 2.05. The maximum absolute atomic E-state index is 5.49. The molecule has 1 heteroatoms. The molecule has 0 aromatic carbocycles. The molecule has 1 rings (SSSR count). The smallest absolute Gasteiger partial charge is 0.0140 e. The Labute approximate surface area is 62.6 Å². The Morgan fingerprint density at radius 2 is 1.90 bits per heavy atom. The summed E-state index contributed by atoms with van der Waals surface area (Å²) in [5.74, 6) is 0. The van der Waals surface area contributed by atoms with Gasteiger partial charge in [0.05, 0.1) is 0 Å². The molecule has 1 aliphatic rings. The molecule has 0 bridgehead atoms. The number of allylic oxidation sites excluding steroid dienone is 3. The van der Waals surface area contributed by atoms with Gasteiger partial charge in [-0.15, -0.1) is 0 Å². The van der Waals surface area contributed by atoms with Gasteiger partial charge in [-0.05, 0) is 19.3 Å². The average molecular weight is 137 g/mol. The molecule has 56 valence electrons. The first kappa shape index (κ1) is 7.55. The van der Waals surface area contributed by atoms with Crippen molar-refractivity contribution in [1.29, 1.82) is 0 Å². The number of nitrogens with two attached hydrogens (primary N) is 1. The molecule has 1 aliphatic carbocycles. The summed E-state index contributed by atoms with van der Waals surface area (Å²) in [6, 6.07) is 0. The largest absolute Gasteiger partial charge is 0.327 e. The van der Waals surface area contributed by atoms with Crippen LogP contribution >= 0.6 is 0 Å². The van der Waals surface area contributed by atoms with Crippen molar-refractivity contribution in [2.24, 2.45) is 5.73 Å². The second-order valence-corrected chi connectivity index (χ2v) is 2.71. The van der Waals surface area contributed by atoms with Crippen LogP contribution in [0.5, 0.6) is 0 Å². The Kier molecular flexibility index (Phi) is 2.69. The van der Waals surface area contributed by atoms with Crippen molar-refractivity contribution in [2.75, 3.05) is 6.54 Å². The summed E-state index contributed by atoms with van der Waals surface area (Å²) in [5.41, 5.74) is 8.43. The summed E-state index contributed by atoms with van der Waals surface area (Å²) in [7, 11) is 0. The highest BCUT2D eigenvalue weighted by molar-refractivity contribution is 5.24. The van der Waals surface area contributed by atoms with E-state index in [1.165, 1.54) is 24.8 Å². The number of hydrogen-bond acceptors (Lipinski definition) is 1. The Morgan fingerprint density at radius 1 is 1.30 bits per heavy atom. The summed E-state index contributed by atoms with van der Waals surface area (Å²) in [5, 5.41) is 0. The van der Waals surface area contributed by atoms with Crippen molar-refractivity contribution in [3.05, 3.63) is 23.3 Å². The molecule has 0 aromatic heterocycles. The molecular weight excluding hydrogens is 122 g/mol. The molecule has 2 N–H and O–H groups in total. The molecule has 0 fully saturated rings. The molecule has 0 aliphatic heterocycles. The van der Waals surface area contributed by atoms with Gasteiger partial charge in [0.25, 0.3) is 0 Å². The van der Waals surface area contributed by atoms with Gasteiger partial charge in [0, 0.05) is 6.54 Å². The van der Waals surface area contributed by atoms with Crippen molar-refractivity contribution >= 4 is 0 Å². The van der Waals surface area contributed by atoms with Crippen molar-refractivity contribution in [3.8, 4) is 0 Å². The van der Waals surface area contributed by atoms with Crippen LogP contribution in [0.1, 0.15) is 26.2 Å². The van der Waals surface area contributed by atoms with Gasteiger partial charge >= 0.3 is 0 Å². The van der Waals surface area contributed by atoms with Crippen molar-refractivity contribution in [3.63, 3.8) is 0 Å². The predicted molar refractivity (Wildman–Crippen MR) is 44.7 cm³/mol. The van der Waals surface area contributed by atoms with E-state index in [-0.39, 0.29) is 0 Å². The highest BCUT2D eigenvalue weighted by Gasteiger charge is 2.01. The summed E-state index contributed by atoms with van der Waals surface area (Å²) >= 11 is 0. The standard InChI is InChI=1S/C9H15N/c1-2-8-3-5-9(7-10)6-4-8/h3,5H,2,4,6-7,10H2,1H3. The lowest BCUT2D eigenvalue weighted by Gasteiger charge is -2.10. The maximum Gasteiger partial charge on any atom is 0.0140 e. The number of rotatable bonds is 2. The molecule has 0 saturated heterocycles. The zero-order valence-electron chi connectivity index (χ0n) is 6.56.